The van der Waals surface area contributed by atoms with E-state index >= 15 is 0 Å². The molecule has 3 nitrogen and oxygen atoms in total. The molecule has 0 aliphatic heterocycles. The molecule has 0 spiro atoms. The number of aryl methyl sites for hydroxylation is 1. The second-order valence-electron chi connectivity index (χ2n) is 2.98. The van der Waals surface area contributed by atoms with Gasteiger partial charge in [-0.25, -0.2) is 9.78 Å². The van der Waals surface area contributed by atoms with Crippen LogP contribution in [0.15, 0.2) is 41.3 Å². The van der Waals surface area contributed by atoms with Gasteiger partial charge in [0.2, 0.25) is 0 Å². The second-order valence-corrected chi connectivity index (χ2v) is 2.98. The van der Waals surface area contributed by atoms with E-state index < -0.39 is 0 Å². The Bertz CT molecular complexity index is 493. The summed E-state index contributed by atoms with van der Waals surface area (Å²) in [5, 5.41) is 0. The van der Waals surface area contributed by atoms with Crippen molar-refractivity contribution in [2.24, 2.45) is 7.05 Å². The summed E-state index contributed by atoms with van der Waals surface area (Å²) in [5.41, 5.74) is 1.25. The minimum Gasteiger partial charge on any atom is -0.304 e. The van der Waals surface area contributed by atoms with Crippen LogP contribution >= 0.6 is 0 Å². The molecule has 0 aliphatic rings. The Morgan fingerprint density at radius 3 is 2.73 bits per heavy atom. The third kappa shape index (κ3) is 2.61. The van der Waals surface area contributed by atoms with Crippen LogP contribution in [0.1, 0.15) is 0 Å². The van der Waals surface area contributed by atoms with Crippen molar-refractivity contribution in [3.63, 3.8) is 0 Å². The molecule has 2 rings (SSSR count). The van der Waals surface area contributed by atoms with Gasteiger partial charge >= 0.3 is 5.69 Å². The average Bonchev–Trinajstić information content (AvgIpc) is 2.23. The quantitative estimate of drug-likeness (QED) is 0.701. The molecule has 0 saturated carbocycles. The van der Waals surface area contributed by atoms with Crippen LogP contribution in [0.25, 0.3) is 11.3 Å². The number of nitrogens with zero attached hydrogens (tertiary/aromatic N) is 2. The first-order chi connectivity index (χ1) is 6.77. The van der Waals surface area contributed by atoms with E-state index in [1.165, 1.54) is 4.57 Å². The van der Waals surface area contributed by atoms with Crippen molar-refractivity contribution in [3.8, 4) is 11.3 Å². The van der Waals surface area contributed by atoms with E-state index in [1.54, 1.807) is 25.4 Å². The summed E-state index contributed by atoms with van der Waals surface area (Å²) in [5.74, 6) is 0. The number of benzene rings is 1. The Hall–Kier alpha value is -1.25. The maximum absolute atomic E-state index is 11.3. The van der Waals surface area contributed by atoms with Crippen LogP contribution in [0.4, 0.5) is 0 Å². The average molecular weight is 377 g/mol. The van der Waals surface area contributed by atoms with Crippen molar-refractivity contribution in [1.29, 1.82) is 0 Å². The van der Waals surface area contributed by atoms with Gasteiger partial charge in [0.15, 0.2) is 0 Å². The monoisotopic (exact) mass is 378 g/mol. The molecule has 1 aromatic carbocycles. The van der Waals surface area contributed by atoms with Gasteiger partial charge in [-0.1, -0.05) is 6.07 Å². The number of hydrogen-bond donors (Lipinski definition) is 0. The van der Waals surface area contributed by atoms with Crippen LogP contribution in [0.5, 0.6) is 0 Å². The zero-order chi connectivity index (χ0) is 9.97. The molecule has 1 aromatic heterocycles. The molecule has 0 atom stereocenters. The fraction of sp³-hybridized carbons (Fsp3) is 0.0909. The van der Waals surface area contributed by atoms with Crippen molar-refractivity contribution in [2.75, 3.05) is 0 Å². The van der Waals surface area contributed by atoms with E-state index in [9.17, 15) is 4.79 Å². The second kappa shape index (κ2) is 5.01. The topological polar surface area (TPSA) is 34.9 Å². The van der Waals surface area contributed by atoms with Crippen molar-refractivity contribution in [1.82, 2.24) is 9.55 Å². The summed E-state index contributed by atoms with van der Waals surface area (Å²) in [7, 11) is 1.67. The molecule has 0 amide bonds. The van der Waals surface area contributed by atoms with E-state index in [1.807, 2.05) is 18.2 Å². The van der Waals surface area contributed by atoms with E-state index in [0.717, 1.165) is 5.56 Å². The molecule has 1 radical (unpaired) electrons. The molecule has 0 N–H and O–H groups in total. The van der Waals surface area contributed by atoms with Crippen molar-refractivity contribution in [3.05, 3.63) is 53.1 Å². The Labute approximate surface area is 101 Å². The zero-order valence-electron chi connectivity index (χ0n) is 8.10. The molecule has 0 unspecified atom stereocenters. The standard InChI is InChI=1S/C11H9N2O.Ir/c1-13-8-7-10(12-11(13)14)9-5-3-2-4-6-9;/h2-5,7-8H,1H3;/q-1;. The van der Waals surface area contributed by atoms with Crippen LogP contribution in [-0.2, 0) is 27.2 Å². The van der Waals surface area contributed by atoms with Gasteiger partial charge in [0.1, 0.15) is 0 Å². The van der Waals surface area contributed by atoms with Gasteiger partial charge in [0.05, 0.1) is 0 Å². The maximum Gasteiger partial charge on any atom is 0.338 e. The first-order valence-corrected chi connectivity index (χ1v) is 4.28. The molecule has 15 heavy (non-hydrogen) atoms. The SMILES string of the molecule is Cn1ccc(-c2[c-]cccc2)nc1=O.[Ir]. The van der Waals surface area contributed by atoms with Gasteiger partial charge in [0.25, 0.3) is 0 Å². The maximum atomic E-state index is 11.3. The number of rotatable bonds is 1. The van der Waals surface area contributed by atoms with Crippen LogP contribution in [0, 0.1) is 6.07 Å². The molecule has 0 saturated heterocycles. The smallest absolute Gasteiger partial charge is 0.304 e. The minimum absolute atomic E-state index is 0. The van der Waals surface area contributed by atoms with Crippen LogP contribution < -0.4 is 5.69 Å². The Morgan fingerprint density at radius 2 is 2.13 bits per heavy atom. The third-order valence-electron chi connectivity index (χ3n) is 1.96. The largest absolute Gasteiger partial charge is 0.338 e. The molecule has 4 heteroatoms. The Kier molecular flexibility index (Phi) is 3.95. The summed E-state index contributed by atoms with van der Waals surface area (Å²) < 4.78 is 1.44. The molecular formula is C11H9IrN2O-. The molecule has 0 aliphatic carbocycles. The predicted octanol–water partition coefficient (Wildman–Crippen LogP) is 1.24. The summed E-state index contributed by atoms with van der Waals surface area (Å²) in [6, 6.07) is 12.3. The minimum atomic E-state index is -0.250. The molecule has 0 bridgehead atoms. The fourth-order valence-electron chi connectivity index (χ4n) is 1.17. The third-order valence-corrected chi connectivity index (χ3v) is 1.96. The first-order valence-electron chi connectivity index (χ1n) is 4.28. The molecule has 2 aromatic rings. The first kappa shape index (κ1) is 11.8. The Morgan fingerprint density at radius 1 is 1.33 bits per heavy atom. The summed E-state index contributed by atoms with van der Waals surface area (Å²) in [4.78, 5) is 15.2. The number of aromatic nitrogens is 2. The van der Waals surface area contributed by atoms with Gasteiger partial charge in [-0.3, -0.25) is 0 Å². The van der Waals surface area contributed by atoms with E-state index in [-0.39, 0.29) is 25.8 Å². The normalized spacial score (nSPS) is 9.40. The van der Waals surface area contributed by atoms with Crippen molar-refractivity contribution >= 4 is 0 Å². The van der Waals surface area contributed by atoms with Crippen LogP contribution in [-0.4, -0.2) is 9.55 Å². The molecule has 0 fully saturated rings. The van der Waals surface area contributed by atoms with E-state index in [4.69, 9.17) is 0 Å². The van der Waals surface area contributed by atoms with Crippen molar-refractivity contribution < 1.29 is 20.1 Å². The van der Waals surface area contributed by atoms with Gasteiger partial charge < -0.3 is 4.57 Å². The van der Waals surface area contributed by atoms with Crippen LogP contribution in [0.2, 0.25) is 0 Å². The van der Waals surface area contributed by atoms with E-state index in [0.29, 0.717) is 5.69 Å². The van der Waals surface area contributed by atoms with Gasteiger partial charge in [0, 0.05) is 33.3 Å². The molecule has 79 valence electrons. The van der Waals surface area contributed by atoms with Crippen molar-refractivity contribution in [2.45, 2.75) is 0 Å². The Balaban J connectivity index is 0.00000112. The summed E-state index contributed by atoms with van der Waals surface area (Å²) >= 11 is 0. The van der Waals surface area contributed by atoms with E-state index in [2.05, 4.69) is 11.1 Å². The summed E-state index contributed by atoms with van der Waals surface area (Å²) in [6.07, 6.45) is 1.70. The molecule has 1 heterocycles. The van der Waals surface area contributed by atoms with Gasteiger partial charge in [-0.15, -0.1) is 35.9 Å². The van der Waals surface area contributed by atoms with Crippen LogP contribution in [0.3, 0.4) is 0 Å². The zero-order valence-corrected chi connectivity index (χ0v) is 10.5. The summed E-state index contributed by atoms with van der Waals surface area (Å²) in [6.45, 7) is 0. The van der Waals surface area contributed by atoms with Gasteiger partial charge in [-0.2, -0.15) is 0 Å². The number of hydrogen-bond acceptors (Lipinski definition) is 2. The molecular weight excluding hydrogens is 368 g/mol. The predicted molar refractivity (Wildman–Crippen MR) is 53.8 cm³/mol. The van der Waals surface area contributed by atoms with Gasteiger partial charge in [-0.05, 0) is 5.69 Å². The fourth-order valence-corrected chi connectivity index (χ4v) is 1.17.